The Kier molecular flexibility index (Phi) is 1.43. The second-order valence-corrected chi connectivity index (χ2v) is 4.11. The molecule has 0 bridgehead atoms. The van der Waals surface area contributed by atoms with E-state index >= 15 is 0 Å². The van der Waals surface area contributed by atoms with Gasteiger partial charge in [0.15, 0.2) is 0 Å². The summed E-state index contributed by atoms with van der Waals surface area (Å²) in [5.41, 5.74) is 0. The molecular weight excluding hydrogens is 164 g/mol. The van der Waals surface area contributed by atoms with E-state index in [2.05, 4.69) is 11.0 Å². The molecular formula is C10H14N2O. The first-order chi connectivity index (χ1) is 6.36. The molecule has 0 N–H and O–H groups in total. The van der Waals surface area contributed by atoms with Crippen LogP contribution in [0.2, 0.25) is 0 Å². The molecule has 1 atom stereocenters. The summed E-state index contributed by atoms with van der Waals surface area (Å²) in [5, 5.41) is 0. The number of rotatable bonds is 1. The van der Waals surface area contributed by atoms with E-state index in [0.29, 0.717) is 11.9 Å². The minimum atomic E-state index is 0.320. The standard InChI is InChI=1S/C10H14N2O/c13-10-7-8-3-4-9(12(8)10)11-5-1-2-6-11/h4,8H,1-3,5-7H2/t8-/m1/s1. The Bertz CT molecular complexity index is 279. The Morgan fingerprint density at radius 1 is 1.31 bits per heavy atom. The highest BCUT2D eigenvalue weighted by Crippen LogP contribution is 2.36. The van der Waals surface area contributed by atoms with Crippen LogP contribution in [0, 0.1) is 0 Å². The lowest BCUT2D eigenvalue weighted by Crippen LogP contribution is -2.51. The minimum absolute atomic E-state index is 0.320. The van der Waals surface area contributed by atoms with Crippen molar-refractivity contribution >= 4 is 5.91 Å². The lowest BCUT2D eigenvalue weighted by molar-refractivity contribution is -0.142. The third-order valence-corrected chi connectivity index (χ3v) is 3.29. The number of carbonyl (C=O) groups excluding carboxylic acids is 1. The highest BCUT2D eigenvalue weighted by atomic mass is 16.2. The van der Waals surface area contributed by atoms with Gasteiger partial charge in [0.2, 0.25) is 5.91 Å². The number of hydrogen-bond donors (Lipinski definition) is 0. The summed E-state index contributed by atoms with van der Waals surface area (Å²) in [6.45, 7) is 2.28. The molecule has 2 saturated heterocycles. The van der Waals surface area contributed by atoms with E-state index in [1.165, 1.54) is 18.7 Å². The lowest BCUT2D eigenvalue weighted by Gasteiger charge is -2.39. The van der Waals surface area contributed by atoms with Gasteiger partial charge in [0.05, 0.1) is 6.04 Å². The molecule has 3 rings (SSSR count). The Morgan fingerprint density at radius 2 is 2.08 bits per heavy atom. The predicted octanol–water partition coefficient (Wildman–Crippen LogP) is 0.928. The quantitative estimate of drug-likeness (QED) is 0.558. The maximum atomic E-state index is 11.3. The van der Waals surface area contributed by atoms with Gasteiger partial charge < -0.3 is 4.90 Å². The Morgan fingerprint density at radius 3 is 2.77 bits per heavy atom. The van der Waals surface area contributed by atoms with Crippen molar-refractivity contribution in [2.24, 2.45) is 0 Å². The zero-order valence-corrected chi connectivity index (χ0v) is 7.70. The summed E-state index contributed by atoms with van der Waals surface area (Å²) in [6.07, 6.45) is 6.65. The van der Waals surface area contributed by atoms with Crippen LogP contribution >= 0.6 is 0 Å². The molecule has 3 nitrogen and oxygen atoms in total. The summed E-state index contributed by atoms with van der Waals surface area (Å²) in [6, 6.07) is 0.517. The van der Waals surface area contributed by atoms with Crippen molar-refractivity contribution in [2.75, 3.05) is 13.1 Å². The SMILES string of the molecule is O=C1C[C@H]2CC=C(N3CCCC3)N12. The van der Waals surface area contributed by atoms with Crippen LogP contribution in [0.15, 0.2) is 11.9 Å². The second kappa shape index (κ2) is 2.50. The number of hydrogen-bond acceptors (Lipinski definition) is 2. The van der Waals surface area contributed by atoms with Gasteiger partial charge in [-0.3, -0.25) is 9.69 Å². The molecule has 0 unspecified atom stereocenters. The zero-order valence-electron chi connectivity index (χ0n) is 7.70. The van der Waals surface area contributed by atoms with Crippen LogP contribution in [0.25, 0.3) is 0 Å². The molecule has 0 aromatic heterocycles. The number of fused-ring (bicyclic) bond motifs is 1. The molecule has 0 saturated carbocycles. The molecule has 3 aliphatic heterocycles. The fraction of sp³-hybridized carbons (Fsp3) is 0.700. The molecule has 13 heavy (non-hydrogen) atoms. The fourth-order valence-electron chi connectivity index (χ4n) is 2.55. The largest absolute Gasteiger partial charge is 0.358 e. The summed E-state index contributed by atoms with van der Waals surface area (Å²) in [4.78, 5) is 15.7. The average Bonchev–Trinajstić information content (AvgIpc) is 2.68. The van der Waals surface area contributed by atoms with E-state index in [-0.39, 0.29) is 0 Å². The molecule has 0 radical (unpaired) electrons. The van der Waals surface area contributed by atoms with Crippen molar-refractivity contribution in [1.29, 1.82) is 0 Å². The first-order valence-electron chi connectivity index (χ1n) is 5.13. The highest BCUT2D eigenvalue weighted by Gasteiger charge is 2.43. The van der Waals surface area contributed by atoms with Crippen LogP contribution in [0.4, 0.5) is 0 Å². The predicted molar refractivity (Wildman–Crippen MR) is 48.8 cm³/mol. The summed E-state index contributed by atoms with van der Waals surface area (Å²) in [7, 11) is 0. The van der Waals surface area contributed by atoms with E-state index in [1.807, 2.05) is 4.90 Å². The van der Waals surface area contributed by atoms with E-state index in [9.17, 15) is 4.79 Å². The number of carbonyl (C=O) groups is 1. The molecule has 0 aromatic rings. The van der Waals surface area contributed by atoms with Crippen LogP contribution < -0.4 is 0 Å². The molecule has 0 aromatic carbocycles. The maximum absolute atomic E-state index is 11.3. The lowest BCUT2D eigenvalue weighted by atomic mass is 10.0. The number of nitrogens with zero attached hydrogens (tertiary/aromatic N) is 2. The van der Waals surface area contributed by atoms with E-state index in [0.717, 1.165) is 25.9 Å². The van der Waals surface area contributed by atoms with Crippen molar-refractivity contribution in [3.8, 4) is 0 Å². The Labute approximate surface area is 78.0 Å². The van der Waals surface area contributed by atoms with E-state index in [4.69, 9.17) is 0 Å². The van der Waals surface area contributed by atoms with E-state index in [1.54, 1.807) is 0 Å². The third-order valence-electron chi connectivity index (χ3n) is 3.29. The summed E-state index contributed by atoms with van der Waals surface area (Å²) < 4.78 is 0. The van der Waals surface area contributed by atoms with Gasteiger partial charge in [-0.2, -0.15) is 0 Å². The summed E-state index contributed by atoms with van der Waals surface area (Å²) in [5.74, 6) is 1.53. The Hall–Kier alpha value is -0.990. The van der Waals surface area contributed by atoms with Crippen LogP contribution in [0.1, 0.15) is 25.7 Å². The molecule has 0 spiro atoms. The van der Waals surface area contributed by atoms with Crippen LogP contribution in [-0.4, -0.2) is 34.8 Å². The second-order valence-electron chi connectivity index (χ2n) is 4.11. The highest BCUT2D eigenvalue weighted by molar-refractivity contribution is 5.85. The van der Waals surface area contributed by atoms with Gasteiger partial charge in [0.1, 0.15) is 5.82 Å². The topological polar surface area (TPSA) is 23.6 Å². The molecule has 70 valence electrons. The molecule has 3 heteroatoms. The molecule has 0 aliphatic carbocycles. The van der Waals surface area contributed by atoms with Crippen LogP contribution in [-0.2, 0) is 4.79 Å². The normalized spacial score (nSPS) is 31.8. The third kappa shape index (κ3) is 0.929. The first kappa shape index (κ1) is 7.42. The van der Waals surface area contributed by atoms with Gasteiger partial charge >= 0.3 is 0 Å². The zero-order chi connectivity index (χ0) is 8.84. The van der Waals surface area contributed by atoms with Gasteiger partial charge in [-0.1, -0.05) is 0 Å². The van der Waals surface area contributed by atoms with Crippen LogP contribution in [0.3, 0.4) is 0 Å². The first-order valence-corrected chi connectivity index (χ1v) is 5.13. The van der Waals surface area contributed by atoms with Gasteiger partial charge in [-0.15, -0.1) is 0 Å². The van der Waals surface area contributed by atoms with E-state index < -0.39 is 0 Å². The fourth-order valence-corrected chi connectivity index (χ4v) is 2.55. The maximum Gasteiger partial charge on any atom is 0.230 e. The summed E-state index contributed by atoms with van der Waals surface area (Å²) >= 11 is 0. The average molecular weight is 178 g/mol. The molecule has 2 fully saturated rings. The van der Waals surface area contributed by atoms with Crippen molar-refractivity contribution in [2.45, 2.75) is 31.7 Å². The number of amides is 1. The van der Waals surface area contributed by atoms with Gasteiger partial charge in [0.25, 0.3) is 0 Å². The Balaban J connectivity index is 1.80. The smallest absolute Gasteiger partial charge is 0.230 e. The van der Waals surface area contributed by atoms with Crippen molar-refractivity contribution < 1.29 is 4.79 Å². The van der Waals surface area contributed by atoms with Crippen molar-refractivity contribution in [3.63, 3.8) is 0 Å². The van der Waals surface area contributed by atoms with Gasteiger partial charge in [-0.05, 0) is 25.3 Å². The molecule has 3 heterocycles. The monoisotopic (exact) mass is 178 g/mol. The van der Waals surface area contributed by atoms with Crippen molar-refractivity contribution in [1.82, 2.24) is 9.80 Å². The minimum Gasteiger partial charge on any atom is -0.358 e. The molecule has 3 aliphatic rings. The number of β-lactam (4-membered cyclic amide) rings is 1. The number of likely N-dealkylation sites (tertiary alicyclic amines) is 1. The van der Waals surface area contributed by atoms with Gasteiger partial charge in [0, 0.05) is 19.5 Å². The molecule has 1 amide bonds. The van der Waals surface area contributed by atoms with Crippen LogP contribution in [0.5, 0.6) is 0 Å². The van der Waals surface area contributed by atoms with Gasteiger partial charge in [-0.25, -0.2) is 0 Å². The van der Waals surface area contributed by atoms with Crippen molar-refractivity contribution in [3.05, 3.63) is 11.9 Å².